The summed E-state index contributed by atoms with van der Waals surface area (Å²) in [5.41, 5.74) is 4.25. The molecule has 2 aliphatic rings. The summed E-state index contributed by atoms with van der Waals surface area (Å²) in [5, 5.41) is 0. The molecule has 0 spiro atoms. The summed E-state index contributed by atoms with van der Waals surface area (Å²) < 4.78 is 20.3. The van der Waals surface area contributed by atoms with Gasteiger partial charge in [-0.3, -0.25) is 0 Å². The van der Waals surface area contributed by atoms with Crippen LogP contribution in [0.2, 0.25) is 0 Å². The molecular formula is C33H47FO. The maximum absolute atomic E-state index is 15.0. The van der Waals surface area contributed by atoms with E-state index in [4.69, 9.17) is 4.74 Å². The van der Waals surface area contributed by atoms with Gasteiger partial charge in [0.1, 0.15) is 5.82 Å². The summed E-state index contributed by atoms with van der Waals surface area (Å²) in [6.45, 7) is 3.22. The van der Waals surface area contributed by atoms with Crippen LogP contribution in [0, 0.1) is 29.5 Å². The molecule has 0 radical (unpaired) electrons. The monoisotopic (exact) mass is 478 g/mol. The highest BCUT2D eigenvalue weighted by Crippen LogP contribution is 2.35. The van der Waals surface area contributed by atoms with Crippen molar-refractivity contribution < 1.29 is 9.13 Å². The molecule has 192 valence electrons. The van der Waals surface area contributed by atoms with Gasteiger partial charge in [-0.25, -0.2) is 4.39 Å². The van der Waals surface area contributed by atoms with Gasteiger partial charge in [0.25, 0.3) is 0 Å². The minimum absolute atomic E-state index is 0.0743. The molecule has 2 aromatic carbocycles. The molecule has 0 saturated heterocycles. The Kier molecular flexibility index (Phi) is 10.2. The number of benzene rings is 2. The van der Waals surface area contributed by atoms with Crippen LogP contribution in [0.3, 0.4) is 0 Å². The highest BCUT2D eigenvalue weighted by atomic mass is 19.1. The van der Waals surface area contributed by atoms with Crippen LogP contribution in [-0.2, 0) is 17.6 Å². The molecule has 0 atom stereocenters. The minimum atomic E-state index is -0.0743. The number of hydrogen-bond acceptors (Lipinski definition) is 1. The number of hydrogen-bond donors (Lipinski definition) is 0. The van der Waals surface area contributed by atoms with E-state index in [-0.39, 0.29) is 5.82 Å². The van der Waals surface area contributed by atoms with Gasteiger partial charge in [-0.05, 0) is 85.0 Å². The van der Waals surface area contributed by atoms with Crippen molar-refractivity contribution in [2.45, 2.75) is 96.8 Å². The average molecular weight is 479 g/mol. The Morgan fingerprint density at radius 3 is 1.74 bits per heavy atom. The molecule has 2 aliphatic carbocycles. The van der Waals surface area contributed by atoms with E-state index < -0.39 is 0 Å². The molecule has 2 fully saturated rings. The Morgan fingerprint density at radius 2 is 1.20 bits per heavy atom. The van der Waals surface area contributed by atoms with Crippen LogP contribution in [0.1, 0.15) is 95.1 Å². The molecule has 0 bridgehead atoms. The van der Waals surface area contributed by atoms with Crippen molar-refractivity contribution >= 4 is 0 Å². The van der Waals surface area contributed by atoms with Gasteiger partial charge < -0.3 is 4.74 Å². The lowest BCUT2D eigenvalue weighted by atomic mass is 9.78. The first kappa shape index (κ1) is 26.4. The average Bonchev–Trinajstić information content (AvgIpc) is 2.89. The van der Waals surface area contributed by atoms with Crippen molar-refractivity contribution in [1.29, 1.82) is 0 Å². The van der Waals surface area contributed by atoms with Gasteiger partial charge in [0, 0.05) is 19.3 Å². The third-order valence-electron chi connectivity index (χ3n) is 9.01. The molecule has 0 amide bonds. The third-order valence-corrected chi connectivity index (χ3v) is 9.01. The van der Waals surface area contributed by atoms with E-state index in [1.54, 1.807) is 6.07 Å². The number of halogens is 1. The van der Waals surface area contributed by atoms with Crippen molar-refractivity contribution in [3.63, 3.8) is 0 Å². The van der Waals surface area contributed by atoms with E-state index >= 15 is 4.39 Å². The Labute approximate surface area is 213 Å². The second-order valence-electron chi connectivity index (χ2n) is 11.6. The van der Waals surface area contributed by atoms with Crippen LogP contribution in [0.15, 0.2) is 42.5 Å². The maximum Gasteiger partial charge on any atom is 0.131 e. The first-order valence-electron chi connectivity index (χ1n) is 14.5. The lowest BCUT2D eigenvalue weighted by Crippen LogP contribution is -2.18. The van der Waals surface area contributed by atoms with Crippen LogP contribution in [0.4, 0.5) is 4.39 Å². The lowest BCUT2D eigenvalue weighted by molar-refractivity contribution is 0.117. The van der Waals surface area contributed by atoms with E-state index in [0.29, 0.717) is 0 Å². The fourth-order valence-electron chi connectivity index (χ4n) is 6.68. The van der Waals surface area contributed by atoms with Crippen LogP contribution in [-0.4, -0.2) is 13.7 Å². The maximum atomic E-state index is 15.0. The van der Waals surface area contributed by atoms with Crippen molar-refractivity contribution in [3.8, 4) is 11.1 Å². The third kappa shape index (κ3) is 7.91. The second kappa shape index (κ2) is 13.6. The zero-order chi connectivity index (χ0) is 24.5. The van der Waals surface area contributed by atoms with E-state index in [0.717, 1.165) is 59.8 Å². The summed E-state index contributed by atoms with van der Waals surface area (Å²) in [6.07, 6.45) is 18.2. The molecule has 2 heteroatoms. The molecule has 35 heavy (non-hydrogen) atoms. The molecule has 0 N–H and O–H groups in total. The molecule has 4 rings (SSSR count). The summed E-state index contributed by atoms with van der Waals surface area (Å²) >= 11 is 0. The van der Waals surface area contributed by atoms with Crippen molar-refractivity contribution in [2.75, 3.05) is 13.7 Å². The second-order valence-corrected chi connectivity index (χ2v) is 11.6. The van der Waals surface area contributed by atoms with Crippen LogP contribution in [0.5, 0.6) is 0 Å². The fourth-order valence-corrected chi connectivity index (χ4v) is 6.68. The summed E-state index contributed by atoms with van der Waals surface area (Å²) in [7, 11) is 1.82. The standard InChI is InChI=1S/C33H47FO/c1-3-4-25-5-7-26(8-6-25)11-14-29-19-22-32(33(34)23-29)31-20-17-28(18-21-31)10-9-27-12-15-30(16-13-27)24-35-2/h17-23,25-27,30H,3-16,24H2,1-2H3. The predicted octanol–water partition coefficient (Wildman–Crippen LogP) is 9.42. The molecule has 2 saturated carbocycles. The van der Waals surface area contributed by atoms with Gasteiger partial charge in [-0.2, -0.15) is 0 Å². The van der Waals surface area contributed by atoms with Gasteiger partial charge in [0.15, 0.2) is 0 Å². The topological polar surface area (TPSA) is 9.23 Å². The van der Waals surface area contributed by atoms with Gasteiger partial charge in [0.05, 0.1) is 0 Å². The first-order valence-corrected chi connectivity index (χ1v) is 14.5. The van der Waals surface area contributed by atoms with Crippen LogP contribution >= 0.6 is 0 Å². The quantitative estimate of drug-likeness (QED) is 0.312. The Balaban J connectivity index is 1.23. The van der Waals surface area contributed by atoms with Gasteiger partial charge in [0.2, 0.25) is 0 Å². The molecule has 0 aromatic heterocycles. The number of rotatable bonds is 11. The summed E-state index contributed by atoms with van der Waals surface area (Å²) in [4.78, 5) is 0. The molecule has 0 heterocycles. The normalized spacial score (nSPS) is 25.0. The SMILES string of the molecule is CCCC1CCC(CCc2ccc(-c3ccc(CCC4CCC(COC)CC4)cc3)c(F)c2)CC1. The number of ether oxygens (including phenoxy) is 1. The van der Waals surface area contributed by atoms with Gasteiger partial charge in [-0.1, -0.05) is 94.7 Å². The number of aryl methyl sites for hydroxylation is 2. The van der Waals surface area contributed by atoms with E-state index in [9.17, 15) is 0 Å². The van der Waals surface area contributed by atoms with Crippen LogP contribution in [0.25, 0.3) is 11.1 Å². The highest BCUT2D eigenvalue weighted by Gasteiger charge is 2.22. The zero-order valence-corrected chi connectivity index (χ0v) is 22.2. The van der Waals surface area contributed by atoms with Gasteiger partial charge >= 0.3 is 0 Å². The van der Waals surface area contributed by atoms with Crippen molar-refractivity contribution in [1.82, 2.24) is 0 Å². The molecule has 0 unspecified atom stereocenters. The van der Waals surface area contributed by atoms with Gasteiger partial charge in [-0.15, -0.1) is 0 Å². The summed E-state index contributed by atoms with van der Waals surface area (Å²) in [6, 6.07) is 14.6. The van der Waals surface area contributed by atoms with Crippen molar-refractivity contribution in [3.05, 3.63) is 59.4 Å². The minimum Gasteiger partial charge on any atom is -0.384 e. The number of methoxy groups -OCH3 is 1. The highest BCUT2D eigenvalue weighted by molar-refractivity contribution is 5.64. The lowest BCUT2D eigenvalue weighted by Gasteiger charge is -2.28. The molecular weight excluding hydrogens is 431 g/mol. The van der Waals surface area contributed by atoms with E-state index in [1.165, 1.54) is 82.6 Å². The largest absolute Gasteiger partial charge is 0.384 e. The van der Waals surface area contributed by atoms with E-state index in [1.807, 2.05) is 13.2 Å². The van der Waals surface area contributed by atoms with Crippen LogP contribution < -0.4 is 0 Å². The first-order chi connectivity index (χ1) is 17.1. The molecule has 0 aliphatic heterocycles. The van der Waals surface area contributed by atoms with E-state index in [2.05, 4.69) is 37.3 Å². The Morgan fingerprint density at radius 1 is 0.686 bits per heavy atom. The Hall–Kier alpha value is -1.67. The molecule has 2 aromatic rings. The predicted molar refractivity (Wildman–Crippen MR) is 146 cm³/mol. The zero-order valence-electron chi connectivity index (χ0n) is 22.2. The smallest absolute Gasteiger partial charge is 0.131 e. The fraction of sp³-hybridized carbons (Fsp3) is 0.636. The molecule has 1 nitrogen and oxygen atoms in total. The summed E-state index contributed by atoms with van der Waals surface area (Å²) in [5.74, 6) is 3.33. The van der Waals surface area contributed by atoms with Crippen molar-refractivity contribution in [2.24, 2.45) is 23.7 Å². The Bertz CT molecular complexity index is 872.